The molecule has 86 valence electrons. The van der Waals surface area contributed by atoms with Gasteiger partial charge in [-0.25, -0.2) is 4.99 Å². The molecule has 1 aliphatic heterocycles. The van der Waals surface area contributed by atoms with E-state index in [1.807, 2.05) is 30.3 Å². The summed E-state index contributed by atoms with van der Waals surface area (Å²) in [6.07, 6.45) is 0. The first-order valence-corrected chi connectivity index (χ1v) is 5.46. The zero-order valence-electron chi connectivity index (χ0n) is 9.35. The highest BCUT2D eigenvalue weighted by Crippen LogP contribution is 2.07. The molecule has 1 aliphatic rings. The molecule has 0 aromatic heterocycles. The Morgan fingerprint density at radius 3 is 2.94 bits per heavy atom. The molecule has 1 heterocycles. The fourth-order valence-electron chi connectivity index (χ4n) is 1.42. The van der Waals surface area contributed by atoms with Crippen molar-refractivity contribution in [3.63, 3.8) is 0 Å². The molecule has 4 heteroatoms. The lowest BCUT2D eigenvalue weighted by molar-refractivity contribution is 0.316. The summed E-state index contributed by atoms with van der Waals surface area (Å²) >= 11 is 0. The van der Waals surface area contributed by atoms with Crippen LogP contribution >= 0.6 is 0 Å². The smallest absolute Gasteiger partial charge is 0.285 e. The molecule has 1 saturated heterocycles. The summed E-state index contributed by atoms with van der Waals surface area (Å²) in [7, 11) is 0. The number of amidine groups is 1. The molecule has 1 unspecified atom stereocenters. The van der Waals surface area contributed by atoms with E-state index >= 15 is 0 Å². The Morgan fingerprint density at radius 1 is 1.44 bits per heavy atom. The fraction of sp³-hybridized carbons (Fsp3) is 0.417. The molecule has 2 rings (SSSR count). The van der Waals surface area contributed by atoms with Gasteiger partial charge < -0.3 is 14.8 Å². The SMILES string of the molecule is CC1COC(=NCCOc2ccccc2)N1. The molecule has 0 saturated carbocycles. The van der Waals surface area contributed by atoms with Crippen LogP contribution in [0, 0.1) is 0 Å². The van der Waals surface area contributed by atoms with Gasteiger partial charge in [0.25, 0.3) is 6.02 Å². The van der Waals surface area contributed by atoms with Crippen molar-refractivity contribution >= 4 is 6.02 Å². The van der Waals surface area contributed by atoms with E-state index in [-0.39, 0.29) is 0 Å². The van der Waals surface area contributed by atoms with Crippen LogP contribution in [0.5, 0.6) is 5.75 Å². The molecular weight excluding hydrogens is 204 g/mol. The first-order valence-electron chi connectivity index (χ1n) is 5.46. The van der Waals surface area contributed by atoms with E-state index < -0.39 is 0 Å². The largest absolute Gasteiger partial charge is 0.492 e. The normalized spacial score (nSPS) is 21.6. The Hall–Kier alpha value is -1.71. The van der Waals surface area contributed by atoms with Gasteiger partial charge in [-0.1, -0.05) is 18.2 Å². The third-order valence-corrected chi connectivity index (χ3v) is 2.20. The van der Waals surface area contributed by atoms with Crippen LogP contribution in [0.1, 0.15) is 6.92 Å². The van der Waals surface area contributed by atoms with Crippen molar-refractivity contribution in [1.29, 1.82) is 0 Å². The topological polar surface area (TPSA) is 42.9 Å². The number of para-hydroxylation sites is 1. The van der Waals surface area contributed by atoms with Crippen LogP contribution in [0.15, 0.2) is 35.3 Å². The first kappa shape index (κ1) is 10.8. The maximum Gasteiger partial charge on any atom is 0.285 e. The Morgan fingerprint density at radius 2 is 2.25 bits per heavy atom. The van der Waals surface area contributed by atoms with E-state index in [1.54, 1.807) is 0 Å². The van der Waals surface area contributed by atoms with Crippen LogP contribution in [-0.2, 0) is 4.74 Å². The van der Waals surface area contributed by atoms with Gasteiger partial charge in [0.15, 0.2) is 0 Å². The molecule has 16 heavy (non-hydrogen) atoms. The summed E-state index contributed by atoms with van der Waals surface area (Å²) in [4.78, 5) is 4.25. The van der Waals surface area contributed by atoms with Gasteiger partial charge in [-0.2, -0.15) is 0 Å². The van der Waals surface area contributed by atoms with E-state index in [4.69, 9.17) is 9.47 Å². The third-order valence-electron chi connectivity index (χ3n) is 2.20. The minimum atomic E-state index is 0.355. The lowest BCUT2D eigenvalue weighted by Gasteiger charge is -2.03. The van der Waals surface area contributed by atoms with Crippen molar-refractivity contribution in [1.82, 2.24) is 5.32 Å². The maximum atomic E-state index is 5.50. The summed E-state index contributed by atoms with van der Waals surface area (Å²) in [5.74, 6) is 0.872. The van der Waals surface area contributed by atoms with Crippen molar-refractivity contribution in [2.45, 2.75) is 13.0 Å². The summed E-state index contributed by atoms with van der Waals surface area (Å²) in [6, 6.07) is 10.7. The number of hydrogen-bond acceptors (Lipinski definition) is 3. The first-order chi connectivity index (χ1) is 7.84. The molecule has 0 radical (unpaired) electrons. The summed E-state index contributed by atoms with van der Waals surface area (Å²) < 4.78 is 10.8. The van der Waals surface area contributed by atoms with Gasteiger partial charge in [-0.3, -0.25) is 0 Å². The van der Waals surface area contributed by atoms with E-state index in [9.17, 15) is 0 Å². The van der Waals surface area contributed by atoms with E-state index in [2.05, 4.69) is 17.2 Å². The second-order valence-corrected chi connectivity index (χ2v) is 3.70. The quantitative estimate of drug-likeness (QED) is 0.780. The summed E-state index contributed by atoms with van der Waals surface area (Å²) in [6.45, 7) is 3.91. The van der Waals surface area contributed by atoms with E-state index in [0.717, 1.165) is 5.75 Å². The molecule has 1 fully saturated rings. The van der Waals surface area contributed by atoms with Gasteiger partial charge in [0.05, 0.1) is 12.6 Å². The molecule has 4 nitrogen and oxygen atoms in total. The lowest BCUT2D eigenvalue weighted by Crippen LogP contribution is -2.24. The van der Waals surface area contributed by atoms with Gasteiger partial charge in [-0.15, -0.1) is 0 Å². The molecule has 1 N–H and O–H groups in total. The second-order valence-electron chi connectivity index (χ2n) is 3.70. The number of hydrogen-bond donors (Lipinski definition) is 1. The standard InChI is InChI=1S/C12H16N2O2/c1-10-9-16-12(14-10)13-7-8-15-11-5-3-2-4-6-11/h2-6,10H,7-9H2,1H3,(H,13,14). The number of ether oxygens (including phenoxy) is 2. The average molecular weight is 220 g/mol. The molecular formula is C12H16N2O2. The lowest BCUT2D eigenvalue weighted by atomic mass is 10.3. The number of benzene rings is 1. The van der Waals surface area contributed by atoms with Crippen LogP contribution < -0.4 is 10.1 Å². The maximum absolute atomic E-state index is 5.50. The molecule has 1 atom stereocenters. The highest BCUT2D eigenvalue weighted by atomic mass is 16.5. The Labute approximate surface area is 95.3 Å². The summed E-state index contributed by atoms with van der Waals surface area (Å²) in [5, 5.41) is 3.12. The number of aliphatic imine (C=N–C) groups is 1. The average Bonchev–Trinajstić information content (AvgIpc) is 2.72. The van der Waals surface area contributed by atoms with Crippen LogP contribution in [0.25, 0.3) is 0 Å². The van der Waals surface area contributed by atoms with Crippen LogP contribution in [0.4, 0.5) is 0 Å². The predicted octanol–water partition coefficient (Wildman–Crippen LogP) is 1.43. The predicted molar refractivity (Wildman–Crippen MR) is 62.8 cm³/mol. The molecule has 0 bridgehead atoms. The van der Waals surface area contributed by atoms with Crippen molar-refractivity contribution in [2.75, 3.05) is 19.8 Å². The minimum absolute atomic E-state index is 0.355. The third kappa shape index (κ3) is 3.15. The van der Waals surface area contributed by atoms with Crippen LogP contribution in [0.3, 0.4) is 0 Å². The van der Waals surface area contributed by atoms with Gasteiger partial charge in [-0.05, 0) is 19.1 Å². The van der Waals surface area contributed by atoms with Gasteiger partial charge in [0.1, 0.15) is 19.0 Å². The molecule has 0 aliphatic carbocycles. The van der Waals surface area contributed by atoms with Gasteiger partial charge >= 0.3 is 0 Å². The molecule has 0 spiro atoms. The number of rotatable bonds is 4. The highest BCUT2D eigenvalue weighted by Gasteiger charge is 2.14. The zero-order valence-corrected chi connectivity index (χ0v) is 9.35. The zero-order chi connectivity index (χ0) is 11.2. The monoisotopic (exact) mass is 220 g/mol. The fourth-order valence-corrected chi connectivity index (χ4v) is 1.42. The molecule has 1 aromatic rings. The van der Waals surface area contributed by atoms with Crippen molar-refractivity contribution in [3.8, 4) is 5.75 Å². The van der Waals surface area contributed by atoms with Gasteiger partial charge in [0.2, 0.25) is 0 Å². The molecule has 0 amide bonds. The summed E-state index contributed by atoms with van der Waals surface area (Å²) in [5.41, 5.74) is 0. The van der Waals surface area contributed by atoms with E-state index in [0.29, 0.717) is 31.8 Å². The number of nitrogens with one attached hydrogen (secondary N) is 1. The van der Waals surface area contributed by atoms with Crippen molar-refractivity contribution in [3.05, 3.63) is 30.3 Å². The van der Waals surface area contributed by atoms with E-state index in [1.165, 1.54) is 0 Å². The highest BCUT2D eigenvalue weighted by molar-refractivity contribution is 5.75. The van der Waals surface area contributed by atoms with Gasteiger partial charge in [0, 0.05) is 0 Å². The minimum Gasteiger partial charge on any atom is -0.492 e. The van der Waals surface area contributed by atoms with Crippen LogP contribution in [0.2, 0.25) is 0 Å². The molecule has 1 aromatic carbocycles. The second kappa shape index (κ2) is 5.39. The number of nitrogens with zero attached hydrogens (tertiary/aromatic N) is 1. The Bertz CT molecular complexity index is 351. The Kier molecular flexibility index (Phi) is 3.64. The van der Waals surface area contributed by atoms with Crippen molar-refractivity contribution in [2.24, 2.45) is 4.99 Å². The van der Waals surface area contributed by atoms with Crippen molar-refractivity contribution < 1.29 is 9.47 Å². The van der Waals surface area contributed by atoms with Crippen LogP contribution in [-0.4, -0.2) is 31.8 Å². The Balaban J connectivity index is 1.69.